The highest BCUT2D eigenvalue weighted by molar-refractivity contribution is 7.99. The van der Waals surface area contributed by atoms with Gasteiger partial charge in [0.05, 0.1) is 10.5 Å². The second kappa shape index (κ2) is 6.32. The van der Waals surface area contributed by atoms with Gasteiger partial charge in [-0.05, 0) is 36.7 Å². The lowest BCUT2D eigenvalue weighted by molar-refractivity contribution is 0.944. The predicted octanol–water partition coefficient (Wildman–Crippen LogP) is 5.13. The molecule has 3 aromatic rings. The van der Waals surface area contributed by atoms with Gasteiger partial charge in [0.15, 0.2) is 0 Å². The third kappa shape index (κ3) is 3.06. The molecule has 0 bridgehead atoms. The SMILES string of the molecule is NCCc1ccc(Cl)cc1Sc1c[nH]c2c(Cl)cccc12. The lowest BCUT2D eigenvalue weighted by Gasteiger charge is -2.08. The van der Waals surface area contributed by atoms with Crippen molar-refractivity contribution >= 4 is 45.9 Å². The van der Waals surface area contributed by atoms with Crippen LogP contribution in [-0.4, -0.2) is 11.5 Å². The standard InChI is InChI=1S/C16H14Cl2N2S/c17-11-5-4-10(6-7-19)14(8-11)21-15-9-20-16-12(15)2-1-3-13(16)18/h1-5,8-9,20H,6-7,19H2. The minimum absolute atomic E-state index is 0.620. The summed E-state index contributed by atoms with van der Waals surface area (Å²) in [6.07, 6.45) is 2.82. The molecule has 2 nitrogen and oxygen atoms in total. The topological polar surface area (TPSA) is 41.8 Å². The largest absolute Gasteiger partial charge is 0.359 e. The van der Waals surface area contributed by atoms with Crippen molar-refractivity contribution < 1.29 is 0 Å². The fraction of sp³-hybridized carbons (Fsp3) is 0.125. The first-order valence-corrected chi connectivity index (χ1v) is 8.18. The van der Waals surface area contributed by atoms with Gasteiger partial charge in [-0.1, -0.05) is 53.2 Å². The molecular formula is C16H14Cl2N2S. The number of rotatable bonds is 4. The summed E-state index contributed by atoms with van der Waals surface area (Å²) in [5.74, 6) is 0. The van der Waals surface area contributed by atoms with E-state index in [2.05, 4.69) is 11.1 Å². The first-order valence-electron chi connectivity index (χ1n) is 6.61. The van der Waals surface area contributed by atoms with Crippen LogP contribution in [0.4, 0.5) is 0 Å². The van der Waals surface area contributed by atoms with Gasteiger partial charge in [0.2, 0.25) is 0 Å². The molecule has 0 radical (unpaired) electrons. The molecule has 3 N–H and O–H groups in total. The van der Waals surface area contributed by atoms with E-state index in [0.717, 1.165) is 37.2 Å². The molecule has 5 heteroatoms. The van der Waals surface area contributed by atoms with E-state index in [-0.39, 0.29) is 0 Å². The zero-order valence-electron chi connectivity index (χ0n) is 11.2. The van der Waals surface area contributed by atoms with Crippen LogP contribution < -0.4 is 5.73 Å². The highest BCUT2D eigenvalue weighted by Gasteiger charge is 2.10. The third-order valence-electron chi connectivity index (χ3n) is 3.29. The van der Waals surface area contributed by atoms with Gasteiger partial charge in [0.1, 0.15) is 0 Å². The number of nitrogens with two attached hydrogens (primary N) is 1. The second-order valence-corrected chi connectivity index (χ2v) is 6.64. The van der Waals surface area contributed by atoms with E-state index in [1.807, 2.05) is 36.5 Å². The molecule has 0 saturated carbocycles. The Hall–Kier alpha value is -1.13. The van der Waals surface area contributed by atoms with Gasteiger partial charge in [0, 0.05) is 26.4 Å². The Kier molecular flexibility index (Phi) is 4.45. The molecule has 3 rings (SSSR count). The number of H-pyrrole nitrogens is 1. The van der Waals surface area contributed by atoms with E-state index in [9.17, 15) is 0 Å². The van der Waals surface area contributed by atoms with E-state index < -0.39 is 0 Å². The number of nitrogens with one attached hydrogen (secondary N) is 1. The first kappa shape index (κ1) is 14.8. The van der Waals surface area contributed by atoms with E-state index in [0.29, 0.717) is 6.54 Å². The van der Waals surface area contributed by atoms with Crippen molar-refractivity contribution in [3.8, 4) is 0 Å². The molecule has 0 saturated heterocycles. The Balaban J connectivity index is 2.02. The summed E-state index contributed by atoms with van der Waals surface area (Å²) >= 11 is 14.0. The highest BCUT2D eigenvalue weighted by atomic mass is 35.5. The monoisotopic (exact) mass is 336 g/mol. The number of benzene rings is 2. The Morgan fingerprint density at radius 2 is 1.95 bits per heavy atom. The molecule has 21 heavy (non-hydrogen) atoms. The fourth-order valence-electron chi connectivity index (χ4n) is 2.28. The Morgan fingerprint density at radius 1 is 1.10 bits per heavy atom. The van der Waals surface area contributed by atoms with Crippen molar-refractivity contribution in [2.45, 2.75) is 16.2 Å². The summed E-state index contributed by atoms with van der Waals surface area (Å²) in [6.45, 7) is 0.620. The van der Waals surface area contributed by atoms with Crippen LogP contribution in [0.25, 0.3) is 10.9 Å². The maximum absolute atomic E-state index is 6.20. The van der Waals surface area contributed by atoms with Gasteiger partial charge in [-0.25, -0.2) is 0 Å². The summed E-state index contributed by atoms with van der Waals surface area (Å²) < 4.78 is 0. The molecule has 0 atom stereocenters. The van der Waals surface area contributed by atoms with Gasteiger partial charge >= 0.3 is 0 Å². The van der Waals surface area contributed by atoms with E-state index in [1.165, 1.54) is 5.56 Å². The molecule has 0 unspecified atom stereocenters. The maximum Gasteiger partial charge on any atom is 0.0655 e. The molecule has 0 aliphatic carbocycles. The molecular weight excluding hydrogens is 323 g/mol. The number of fused-ring (bicyclic) bond motifs is 1. The molecule has 0 aliphatic heterocycles. The van der Waals surface area contributed by atoms with Gasteiger partial charge in [-0.3, -0.25) is 0 Å². The van der Waals surface area contributed by atoms with Gasteiger partial charge in [-0.15, -0.1) is 0 Å². The van der Waals surface area contributed by atoms with Crippen molar-refractivity contribution in [1.29, 1.82) is 0 Å². The van der Waals surface area contributed by atoms with Crippen LogP contribution in [0.1, 0.15) is 5.56 Å². The van der Waals surface area contributed by atoms with E-state index in [1.54, 1.807) is 11.8 Å². The van der Waals surface area contributed by atoms with Crippen molar-refractivity contribution in [3.63, 3.8) is 0 Å². The van der Waals surface area contributed by atoms with Gasteiger partial charge < -0.3 is 10.7 Å². The van der Waals surface area contributed by atoms with Crippen LogP contribution in [0.2, 0.25) is 10.0 Å². The molecule has 2 aromatic carbocycles. The van der Waals surface area contributed by atoms with E-state index >= 15 is 0 Å². The van der Waals surface area contributed by atoms with E-state index in [4.69, 9.17) is 28.9 Å². The minimum atomic E-state index is 0.620. The van der Waals surface area contributed by atoms with Gasteiger partial charge in [-0.2, -0.15) is 0 Å². The minimum Gasteiger partial charge on any atom is -0.359 e. The summed E-state index contributed by atoms with van der Waals surface area (Å²) in [7, 11) is 0. The van der Waals surface area contributed by atoms with Crippen LogP contribution in [0.5, 0.6) is 0 Å². The average molecular weight is 337 g/mol. The van der Waals surface area contributed by atoms with Crippen LogP contribution in [0, 0.1) is 0 Å². The quantitative estimate of drug-likeness (QED) is 0.693. The van der Waals surface area contributed by atoms with Crippen molar-refractivity contribution in [1.82, 2.24) is 4.98 Å². The smallest absolute Gasteiger partial charge is 0.0655 e. The first-order chi connectivity index (χ1) is 10.2. The summed E-state index contributed by atoms with van der Waals surface area (Å²) in [6, 6.07) is 11.8. The van der Waals surface area contributed by atoms with Crippen LogP contribution >= 0.6 is 35.0 Å². The molecule has 108 valence electrons. The number of para-hydroxylation sites is 1. The van der Waals surface area contributed by atoms with Crippen LogP contribution in [0.15, 0.2) is 52.4 Å². The number of halogens is 2. The number of hydrogen-bond acceptors (Lipinski definition) is 2. The number of hydrogen-bond donors (Lipinski definition) is 2. The lowest BCUT2D eigenvalue weighted by atomic mass is 10.1. The molecule has 1 heterocycles. The molecule has 0 spiro atoms. The van der Waals surface area contributed by atoms with Crippen molar-refractivity contribution in [3.05, 3.63) is 58.2 Å². The summed E-state index contributed by atoms with van der Waals surface area (Å²) in [5, 5.41) is 2.58. The van der Waals surface area contributed by atoms with Crippen molar-refractivity contribution in [2.75, 3.05) is 6.54 Å². The summed E-state index contributed by atoms with van der Waals surface area (Å²) in [4.78, 5) is 5.50. The second-order valence-electron chi connectivity index (χ2n) is 4.71. The van der Waals surface area contributed by atoms with Gasteiger partial charge in [0.25, 0.3) is 0 Å². The normalized spacial score (nSPS) is 11.2. The maximum atomic E-state index is 6.20. The Morgan fingerprint density at radius 3 is 2.76 bits per heavy atom. The highest BCUT2D eigenvalue weighted by Crippen LogP contribution is 2.38. The zero-order chi connectivity index (χ0) is 14.8. The lowest BCUT2D eigenvalue weighted by Crippen LogP contribution is -2.03. The predicted molar refractivity (Wildman–Crippen MR) is 91.6 cm³/mol. The number of aromatic nitrogens is 1. The zero-order valence-corrected chi connectivity index (χ0v) is 13.5. The van der Waals surface area contributed by atoms with Crippen molar-refractivity contribution in [2.24, 2.45) is 5.73 Å². The third-order valence-corrected chi connectivity index (χ3v) is 5.00. The fourth-order valence-corrected chi connectivity index (χ4v) is 3.87. The molecule has 1 aromatic heterocycles. The Bertz CT molecular complexity index is 783. The number of aromatic amines is 1. The molecule has 0 amide bonds. The summed E-state index contributed by atoms with van der Waals surface area (Å²) in [5.41, 5.74) is 7.86. The molecule has 0 aliphatic rings. The average Bonchev–Trinajstić information content (AvgIpc) is 2.87. The molecule has 0 fully saturated rings. The van der Waals surface area contributed by atoms with Crippen LogP contribution in [-0.2, 0) is 6.42 Å². The van der Waals surface area contributed by atoms with Crippen LogP contribution in [0.3, 0.4) is 0 Å². The Labute approximate surface area is 137 Å².